The third-order valence-electron chi connectivity index (χ3n) is 2.40. The Bertz CT molecular complexity index is 174. The molecule has 4 heteroatoms. The molecule has 2 unspecified atom stereocenters. The Morgan fingerprint density at radius 1 is 1.47 bits per heavy atom. The summed E-state index contributed by atoms with van der Waals surface area (Å²) in [5.74, 6) is 0.0606. The number of nitrogens with two attached hydrogens (primary N) is 1. The van der Waals surface area contributed by atoms with Crippen molar-refractivity contribution >= 4 is 5.91 Å². The molecule has 0 aliphatic carbocycles. The lowest BCUT2D eigenvalue weighted by molar-refractivity contribution is -0.121. The van der Waals surface area contributed by atoms with Crippen molar-refractivity contribution in [3.63, 3.8) is 0 Å². The van der Waals surface area contributed by atoms with E-state index in [4.69, 9.17) is 10.5 Å². The molecule has 0 rings (SSSR count). The van der Waals surface area contributed by atoms with Gasteiger partial charge in [-0.15, -0.1) is 0 Å². The summed E-state index contributed by atoms with van der Waals surface area (Å²) in [6, 6.07) is 0.0822. The summed E-state index contributed by atoms with van der Waals surface area (Å²) in [6.45, 7) is 4.62. The molecule has 0 aliphatic rings. The first kappa shape index (κ1) is 14.4. The highest BCUT2D eigenvalue weighted by atomic mass is 16.5. The summed E-state index contributed by atoms with van der Waals surface area (Å²) >= 11 is 0. The SMILES string of the molecule is CCCC(N)CNC(=O)CCC(C)OC. The minimum Gasteiger partial charge on any atom is -0.382 e. The van der Waals surface area contributed by atoms with Crippen molar-refractivity contribution in [2.45, 2.75) is 51.7 Å². The molecular weight excluding hydrogens is 192 g/mol. The van der Waals surface area contributed by atoms with Crippen molar-refractivity contribution in [3.8, 4) is 0 Å². The predicted molar refractivity (Wildman–Crippen MR) is 61.6 cm³/mol. The normalized spacial score (nSPS) is 14.7. The largest absolute Gasteiger partial charge is 0.382 e. The van der Waals surface area contributed by atoms with Gasteiger partial charge >= 0.3 is 0 Å². The van der Waals surface area contributed by atoms with Crippen LogP contribution in [0.4, 0.5) is 0 Å². The summed E-state index contributed by atoms with van der Waals surface area (Å²) in [5, 5.41) is 2.83. The number of hydrogen-bond donors (Lipinski definition) is 2. The molecule has 0 fully saturated rings. The van der Waals surface area contributed by atoms with Gasteiger partial charge < -0.3 is 15.8 Å². The minimum atomic E-state index is 0.0606. The Balaban J connectivity index is 3.48. The van der Waals surface area contributed by atoms with Crippen LogP contribution in [0, 0.1) is 0 Å². The zero-order chi connectivity index (χ0) is 11.7. The zero-order valence-corrected chi connectivity index (χ0v) is 10.1. The monoisotopic (exact) mass is 216 g/mol. The topological polar surface area (TPSA) is 64.3 Å². The number of carbonyl (C=O) groups is 1. The molecule has 0 heterocycles. The Morgan fingerprint density at radius 2 is 2.13 bits per heavy atom. The highest BCUT2D eigenvalue weighted by molar-refractivity contribution is 5.75. The van der Waals surface area contributed by atoms with Gasteiger partial charge in [0.05, 0.1) is 6.10 Å². The van der Waals surface area contributed by atoms with Gasteiger partial charge in [-0.2, -0.15) is 0 Å². The van der Waals surface area contributed by atoms with Crippen molar-refractivity contribution in [1.29, 1.82) is 0 Å². The molecule has 0 bridgehead atoms. The predicted octanol–water partition coefficient (Wildman–Crippen LogP) is 1.05. The highest BCUT2D eigenvalue weighted by Gasteiger charge is 2.07. The van der Waals surface area contributed by atoms with Gasteiger partial charge in [0, 0.05) is 26.1 Å². The van der Waals surface area contributed by atoms with E-state index in [0.717, 1.165) is 19.3 Å². The van der Waals surface area contributed by atoms with Crippen molar-refractivity contribution in [2.75, 3.05) is 13.7 Å². The second-order valence-corrected chi connectivity index (χ2v) is 3.94. The number of ether oxygens (including phenoxy) is 1. The number of hydrogen-bond acceptors (Lipinski definition) is 3. The van der Waals surface area contributed by atoms with E-state index >= 15 is 0 Å². The second kappa shape index (κ2) is 8.68. The molecule has 0 spiro atoms. The molecule has 90 valence electrons. The highest BCUT2D eigenvalue weighted by Crippen LogP contribution is 1.99. The van der Waals surface area contributed by atoms with Crippen molar-refractivity contribution in [1.82, 2.24) is 5.32 Å². The van der Waals surface area contributed by atoms with Crippen LogP contribution in [-0.2, 0) is 9.53 Å². The molecule has 4 nitrogen and oxygen atoms in total. The summed E-state index contributed by atoms with van der Waals surface area (Å²) in [6.07, 6.45) is 3.41. The smallest absolute Gasteiger partial charge is 0.220 e. The summed E-state index contributed by atoms with van der Waals surface area (Å²) in [4.78, 5) is 11.3. The zero-order valence-electron chi connectivity index (χ0n) is 10.1. The molecule has 0 saturated carbocycles. The molecule has 0 saturated heterocycles. The first-order chi connectivity index (χ1) is 7.10. The molecule has 0 aromatic carbocycles. The van der Waals surface area contributed by atoms with E-state index in [9.17, 15) is 4.79 Å². The summed E-state index contributed by atoms with van der Waals surface area (Å²) < 4.78 is 5.06. The maximum absolute atomic E-state index is 11.3. The fourth-order valence-electron chi connectivity index (χ4n) is 1.26. The van der Waals surface area contributed by atoms with Crippen molar-refractivity contribution in [2.24, 2.45) is 5.73 Å². The maximum Gasteiger partial charge on any atom is 0.220 e. The van der Waals surface area contributed by atoms with Crippen LogP contribution in [0.2, 0.25) is 0 Å². The fraction of sp³-hybridized carbons (Fsp3) is 0.909. The molecule has 3 N–H and O–H groups in total. The van der Waals surface area contributed by atoms with Gasteiger partial charge in [-0.1, -0.05) is 13.3 Å². The van der Waals surface area contributed by atoms with Gasteiger partial charge in [-0.3, -0.25) is 4.79 Å². The fourth-order valence-corrected chi connectivity index (χ4v) is 1.26. The quantitative estimate of drug-likeness (QED) is 0.637. The van der Waals surface area contributed by atoms with E-state index in [2.05, 4.69) is 12.2 Å². The average Bonchev–Trinajstić information content (AvgIpc) is 2.23. The van der Waals surface area contributed by atoms with Crippen LogP contribution < -0.4 is 11.1 Å². The maximum atomic E-state index is 11.3. The van der Waals surface area contributed by atoms with Crippen LogP contribution in [-0.4, -0.2) is 31.7 Å². The van der Waals surface area contributed by atoms with E-state index in [1.54, 1.807) is 7.11 Å². The molecule has 15 heavy (non-hydrogen) atoms. The van der Waals surface area contributed by atoms with Gasteiger partial charge in [0.25, 0.3) is 0 Å². The Morgan fingerprint density at radius 3 is 2.67 bits per heavy atom. The molecule has 0 aromatic rings. The minimum absolute atomic E-state index is 0.0606. The van der Waals surface area contributed by atoms with Gasteiger partial charge in [0.2, 0.25) is 5.91 Å². The number of carbonyl (C=O) groups excluding carboxylic acids is 1. The van der Waals surface area contributed by atoms with Crippen LogP contribution >= 0.6 is 0 Å². The van der Waals surface area contributed by atoms with Crippen LogP contribution in [0.3, 0.4) is 0 Å². The molecule has 0 radical (unpaired) electrons. The van der Waals surface area contributed by atoms with Crippen LogP contribution in [0.25, 0.3) is 0 Å². The Hall–Kier alpha value is -0.610. The van der Waals surface area contributed by atoms with E-state index in [-0.39, 0.29) is 18.1 Å². The number of nitrogens with one attached hydrogen (secondary N) is 1. The molecule has 0 aromatic heterocycles. The summed E-state index contributed by atoms with van der Waals surface area (Å²) in [5.41, 5.74) is 5.78. The van der Waals surface area contributed by atoms with Crippen molar-refractivity contribution < 1.29 is 9.53 Å². The lowest BCUT2D eigenvalue weighted by atomic mass is 10.1. The Labute approximate surface area is 92.6 Å². The molecule has 1 amide bonds. The Kier molecular flexibility index (Phi) is 8.33. The van der Waals surface area contributed by atoms with Crippen LogP contribution in [0.15, 0.2) is 0 Å². The third-order valence-corrected chi connectivity index (χ3v) is 2.40. The molecule has 0 aliphatic heterocycles. The molecular formula is C11H24N2O2. The number of methoxy groups -OCH3 is 1. The van der Waals surface area contributed by atoms with E-state index < -0.39 is 0 Å². The standard InChI is InChI=1S/C11H24N2O2/c1-4-5-10(12)8-13-11(14)7-6-9(2)15-3/h9-10H,4-8,12H2,1-3H3,(H,13,14). The first-order valence-corrected chi connectivity index (χ1v) is 5.65. The molecule has 2 atom stereocenters. The van der Waals surface area contributed by atoms with Crippen LogP contribution in [0.1, 0.15) is 39.5 Å². The lowest BCUT2D eigenvalue weighted by Crippen LogP contribution is -2.37. The van der Waals surface area contributed by atoms with E-state index in [1.807, 2.05) is 6.92 Å². The van der Waals surface area contributed by atoms with Gasteiger partial charge in [-0.05, 0) is 19.8 Å². The van der Waals surface area contributed by atoms with E-state index in [1.165, 1.54) is 0 Å². The average molecular weight is 216 g/mol. The van der Waals surface area contributed by atoms with E-state index in [0.29, 0.717) is 13.0 Å². The second-order valence-electron chi connectivity index (χ2n) is 3.94. The third kappa shape index (κ3) is 8.39. The van der Waals surface area contributed by atoms with Gasteiger partial charge in [0.15, 0.2) is 0 Å². The number of rotatable bonds is 8. The first-order valence-electron chi connectivity index (χ1n) is 5.65. The van der Waals surface area contributed by atoms with Crippen molar-refractivity contribution in [3.05, 3.63) is 0 Å². The summed E-state index contributed by atoms with van der Waals surface area (Å²) in [7, 11) is 1.65. The van der Waals surface area contributed by atoms with Gasteiger partial charge in [-0.25, -0.2) is 0 Å². The van der Waals surface area contributed by atoms with Gasteiger partial charge in [0.1, 0.15) is 0 Å². The van der Waals surface area contributed by atoms with Crippen LogP contribution in [0.5, 0.6) is 0 Å². The number of amides is 1. The lowest BCUT2D eigenvalue weighted by Gasteiger charge is -2.12.